The smallest absolute Gasteiger partial charge is 0.380 e. The van der Waals surface area contributed by atoms with Gasteiger partial charge in [0.1, 0.15) is 17.1 Å². The number of H-pyrrole nitrogens is 6. The van der Waals surface area contributed by atoms with E-state index in [1.54, 1.807) is 0 Å². The van der Waals surface area contributed by atoms with E-state index in [1.165, 1.54) is 79.7 Å². The molecule has 5 aromatic carbocycles. The van der Waals surface area contributed by atoms with Crippen LogP contribution < -0.4 is 16.0 Å². The number of aromatic nitrogens is 8. The van der Waals surface area contributed by atoms with Crippen molar-refractivity contribution in [2.75, 3.05) is 47.1 Å². The molecule has 47 heteroatoms. The third-order valence-corrected chi connectivity index (χ3v) is 21.6. The molecule has 9 aromatic heterocycles. The van der Waals surface area contributed by atoms with Gasteiger partial charge in [0, 0.05) is 120 Å². The van der Waals surface area contributed by atoms with Crippen LogP contribution in [0.25, 0.3) is 157 Å². The maximum atomic E-state index is 16.5. The summed E-state index contributed by atoms with van der Waals surface area (Å²) in [5.41, 5.74) is -17.2. The molecule has 0 fully saturated rings. The van der Waals surface area contributed by atoms with Gasteiger partial charge < -0.3 is 45.9 Å². The number of hydrogen-bond acceptors (Lipinski definition) is 15. The molecule has 0 unspecified atom stereocenters. The number of halogens is 20. The van der Waals surface area contributed by atoms with Crippen molar-refractivity contribution in [1.29, 1.82) is 0 Å². The highest BCUT2D eigenvalue weighted by Crippen LogP contribution is 2.48. The summed E-state index contributed by atoms with van der Waals surface area (Å²) >= 11 is 0.726. The predicted molar refractivity (Wildman–Crippen MR) is 420 cm³/mol. The van der Waals surface area contributed by atoms with Crippen LogP contribution in [0, 0.1) is 126 Å². The largest absolute Gasteiger partial charge is 0.425 e. The maximum absolute atomic E-state index is 16.5. The molecule has 16 bridgehead atoms. The molecule has 23 nitrogen and oxygen atoms in total. The summed E-state index contributed by atoms with van der Waals surface area (Å²) < 4.78 is 401. The summed E-state index contributed by atoms with van der Waals surface area (Å²) in [4.78, 5) is 36.9. The number of aromatic amines is 6. The second kappa shape index (κ2) is 33.7. The Labute approximate surface area is 688 Å². The van der Waals surface area contributed by atoms with Gasteiger partial charge in [-0.3, -0.25) is 19.2 Å². The number of hydrogen-bond donors (Lipinski definition) is 11. The van der Waals surface area contributed by atoms with Crippen LogP contribution in [0.3, 0.4) is 0 Å². The van der Waals surface area contributed by atoms with Crippen LogP contribution in [0.5, 0.6) is 0 Å². The van der Waals surface area contributed by atoms with E-state index in [4.69, 9.17) is 21.7 Å². The summed E-state index contributed by atoms with van der Waals surface area (Å²) in [5.74, 6) is -40.9. The number of nitrogens with one attached hydrogen (secondary N) is 9. The monoisotopic (exact) mass is 1830 g/mol. The highest BCUT2D eigenvalue weighted by molar-refractivity contribution is 7.86. The Morgan fingerprint density at radius 1 is 0.344 bits per heavy atom. The fourth-order valence-corrected chi connectivity index (χ4v) is 15.4. The van der Waals surface area contributed by atoms with Gasteiger partial charge in [-0.05, 0) is 110 Å². The summed E-state index contributed by atoms with van der Waals surface area (Å²) in [5, 5.41) is 17.2. The van der Waals surface area contributed by atoms with Gasteiger partial charge in [0.05, 0.1) is 89.1 Å². The fraction of sp³-hybridized carbons (Fsp3) is 0.0769. The molecule has 16 rings (SSSR count). The Kier molecular flexibility index (Phi) is 23.6. The van der Waals surface area contributed by atoms with Crippen molar-refractivity contribution in [2.45, 2.75) is 6.92 Å². The average molecular weight is 1830 g/mol. The zero-order chi connectivity index (χ0) is 90.3. The number of fused-ring (bicyclic) bond motifs is 18. The van der Waals surface area contributed by atoms with Crippen molar-refractivity contribution in [3.63, 3.8) is 0 Å². The zero-order valence-electron chi connectivity index (χ0n) is 61.7. The third-order valence-electron chi connectivity index (χ3n) is 19.1. The molecule has 0 saturated heterocycles. The predicted octanol–water partition coefficient (Wildman–Crippen LogP) is 20.2. The molecule has 0 aliphatic carbocycles. The van der Waals surface area contributed by atoms with Gasteiger partial charge in [0.25, 0.3) is 20.2 Å². The molecule has 14 aromatic rings. The molecule has 2 aliphatic rings. The van der Waals surface area contributed by atoms with Gasteiger partial charge >= 0.3 is 15.6 Å². The molecular weight excluding hydrogens is 1790 g/mol. The van der Waals surface area contributed by atoms with Crippen LogP contribution >= 0.6 is 11.3 Å². The Morgan fingerprint density at radius 3 is 0.848 bits per heavy atom. The van der Waals surface area contributed by atoms with E-state index in [9.17, 15) is 44.5 Å². The number of thiophene rings is 1. The van der Waals surface area contributed by atoms with Crippen LogP contribution in [-0.2, 0) is 30.8 Å². The van der Waals surface area contributed by atoms with Crippen molar-refractivity contribution in [3.05, 3.63) is 246 Å². The maximum Gasteiger partial charge on any atom is 0.425 e. The minimum atomic E-state index is -4.78. The lowest BCUT2D eigenvalue weighted by Crippen LogP contribution is -2.17. The van der Waals surface area contributed by atoms with Gasteiger partial charge in [0.15, 0.2) is 116 Å². The molecule has 0 spiro atoms. The molecule has 2 aliphatic heterocycles. The first-order valence-electron chi connectivity index (χ1n) is 35.1. The van der Waals surface area contributed by atoms with Crippen molar-refractivity contribution in [3.8, 4) is 66.1 Å². The Balaban J connectivity index is 0.000000203. The Bertz CT molecular complexity index is 7540. The third kappa shape index (κ3) is 16.4. The highest BCUT2D eigenvalue weighted by atomic mass is 32.2. The minimum Gasteiger partial charge on any atom is -0.380 e. The van der Waals surface area contributed by atoms with E-state index in [0.717, 1.165) is 47.8 Å². The standard InChI is InChI=1S/C43H29F12N7O6S2.C35H15F8N5O2S.O3S/c1-2-56-41-35(50)29(44)26(30(45)36(41)51)23-17-5-3-15(59-17)16-4-6-18(60-16)24(27-31(46)37(52)42(38(53)32(27)47)57-11-13-69(63,64)65)20-8-10-22(62-20)25(21-9-7-19(23)61-21)28-33(48)39(54)43(40(55)34(28)49)58-12-14-70(66,67)68;36-13-11-14(37)33(41)30(32(13)40)28-21-3-1-17(44-21)18-2-4-22(45-18)29(31-34(42)15(38)12-16(39)35(31)43)24-8-6-20(47-24)27(19-5-7-23(28)46-19)25-9-10-26(51-25)48(49)50;1-4(2)3/h3-10,56-61H,2,11-14H2,1H3,(H,63,64,65)(H,66,67,68);1-12,44-46H;. The van der Waals surface area contributed by atoms with Gasteiger partial charge in [0.2, 0.25) is 0 Å². The van der Waals surface area contributed by atoms with E-state index in [2.05, 4.69) is 45.2 Å². The normalized spacial score (nSPS) is 12.0. The molecule has 646 valence electrons. The van der Waals surface area contributed by atoms with E-state index >= 15 is 70.2 Å². The van der Waals surface area contributed by atoms with Crippen LogP contribution in [-0.4, -0.2) is 115 Å². The highest BCUT2D eigenvalue weighted by Gasteiger charge is 2.36. The summed E-state index contributed by atoms with van der Waals surface area (Å²) in [6.07, 6.45) is 4.44. The molecule has 0 atom stereocenters. The lowest BCUT2D eigenvalue weighted by molar-refractivity contribution is -0.380. The van der Waals surface area contributed by atoms with Gasteiger partial charge in [-0.2, -0.15) is 16.8 Å². The van der Waals surface area contributed by atoms with Crippen molar-refractivity contribution < 1.29 is 131 Å². The topological polar surface area (TPSA) is 360 Å². The molecule has 0 amide bonds. The van der Waals surface area contributed by atoms with Crippen molar-refractivity contribution in [2.24, 2.45) is 0 Å². The first kappa shape index (κ1) is 87.4. The quantitative estimate of drug-likeness (QED) is 0.0133. The molecule has 0 saturated carbocycles. The minimum absolute atomic E-state index is 0.0359. The summed E-state index contributed by atoms with van der Waals surface area (Å²) in [6, 6.07) is 17.7. The zero-order valence-corrected chi connectivity index (χ0v) is 65.0. The average Bonchev–Trinajstić information content (AvgIpc) is 1.63. The SMILES string of the molecule is CCNc1c(F)c(F)c(-c2c3ccc([nH]3)c(-c3c(F)c(F)c(NCCS(=O)(=O)O)c(F)c3F)c3nc(c(-c4c(F)c(F)c(NCCS(=O)(=O)O)c(F)c4F)c4ccc([nH]4)c4ccc2[nH]4)C=C3)c(F)c1F.O=S(=O)=O.O=[N+]([O-])c1ccc(-c2c3nc(c(-c4c(F)c(F)cc(F)c4F)c4ccc([nH]4)c4ccc([nH]4)c(-c4c(F)c(F)cc(F)c4F)c4ccc2[nH]4)C=C3)s1. The van der Waals surface area contributed by atoms with E-state index in [1.807, 2.05) is 10.6 Å². The molecule has 11 heterocycles. The van der Waals surface area contributed by atoms with Crippen LogP contribution in [0.1, 0.15) is 29.7 Å². The first-order valence-corrected chi connectivity index (χ1v) is 40.2. The van der Waals surface area contributed by atoms with Gasteiger partial charge in [-0.25, -0.2) is 97.8 Å². The Hall–Kier alpha value is -13.9. The van der Waals surface area contributed by atoms with Crippen molar-refractivity contribution in [1.82, 2.24) is 39.9 Å². The van der Waals surface area contributed by atoms with Crippen LogP contribution in [0.2, 0.25) is 0 Å². The molecule has 11 N–H and O–H groups in total. The lowest BCUT2D eigenvalue weighted by atomic mass is 10.0. The number of benzene rings is 5. The van der Waals surface area contributed by atoms with E-state index in [0.29, 0.717) is 0 Å². The second-order valence-corrected chi connectivity index (χ2v) is 31.3. The summed E-state index contributed by atoms with van der Waals surface area (Å²) in [7, 11) is -12.6. The molecule has 125 heavy (non-hydrogen) atoms. The lowest BCUT2D eigenvalue weighted by Gasteiger charge is -2.15. The van der Waals surface area contributed by atoms with Gasteiger partial charge in [-0.15, -0.1) is 12.6 Å². The Morgan fingerprint density at radius 2 is 0.576 bits per heavy atom. The van der Waals surface area contributed by atoms with Crippen LogP contribution in [0.4, 0.5) is 110 Å². The van der Waals surface area contributed by atoms with Crippen LogP contribution in [0.15, 0.2) is 97.1 Å². The number of nitrogens with zero attached hydrogens (tertiary/aromatic N) is 3. The number of nitro groups is 1. The number of rotatable bonds is 17. The van der Waals surface area contributed by atoms with E-state index in [-0.39, 0.29) is 101 Å². The molecular formula is C78H44F20N12O11S4. The van der Waals surface area contributed by atoms with Gasteiger partial charge in [-0.1, -0.05) is 11.3 Å². The second-order valence-electron chi connectivity index (χ2n) is 26.7. The summed E-state index contributed by atoms with van der Waals surface area (Å²) in [6.45, 7) is -0.770. The number of anilines is 3. The molecule has 0 radical (unpaired) electrons. The van der Waals surface area contributed by atoms with Crippen molar-refractivity contribution >= 4 is 155 Å². The fourth-order valence-electron chi connectivity index (χ4n) is 13.8. The van der Waals surface area contributed by atoms with E-state index < -0.39 is 272 Å². The first-order chi connectivity index (χ1) is 59.1.